The van der Waals surface area contributed by atoms with E-state index in [4.69, 9.17) is 5.11 Å². The summed E-state index contributed by atoms with van der Waals surface area (Å²) in [4.78, 5) is 34.2. The minimum absolute atomic E-state index is 0.107. The second-order valence-corrected chi connectivity index (χ2v) is 3.34. The number of carboxylic acids is 1. The highest BCUT2D eigenvalue weighted by atomic mass is 16.4. The molecule has 1 rings (SSSR count). The molecule has 1 N–H and O–H groups in total. The van der Waals surface area contributed by atoms with Gasteiger partial charge in [-0.05, 0) is 13.8 Å². The third-order valence-electron chi connectivity index (χ3n) is 2.01. The Kier molecular flexibility index (Phi) is 2.69. The monoisotopic (exact) mass is 197 g/mol. The highest BCUT2D eigenvalue weighted by Crippen LogP contribution is 2.14. The average molecular weight is 197 g/mol. The second-order valence-electron chi connectivity index (χ2n) is 3.34. The molecule has 0 unspecified atom stereocenters. The van der Waals surface area contributed by atoms with Gasteiger partial charge in [0.05, 0.1) is 6.54 Å². The molecule has 0 atom stereocenters. The Morgan fingerprint density at radius 3 is 2.50 bits per heavy atom. The molecule has 0 spiro atoms. The van der Waals surface area contributed by atoms with Crippen molar-refractivity contribution in [1.29, 1.82) is 0 Å². The fourth-order valence-electron chi connectivity index (χ4n) is 1.25. The van der Waals surface area contributed by atoms with Gasteiger partial charge in [0.25, 0.3) is 0 Å². The van der Waals surface area contributed by atoms with Gasteiger partial charge in [-0.3, -0.25) is 9.59 Å². The lowest BCUT2D eigenvalue weighted by Crippen LogP contribution is -2.43. The van der Waals surface area contributed by atoms with Crippen LogP contribution in [0.1, 0.15) is 13.8 Å². The predicted molar refractivity (Wildman–Crippen MR) is 47.6 cm³/mol. The summed E-state index contributed by atoms with van der Waals surface area (Å²) in [6, 6.07) is -0.116. The first-order chi connectivity index (χ1) is 6.43. The van der Waals surface area contributed by atoms with Crippen LogP contribution in [-0.2, 0) is 14.4 Å². The molecule has 0 aliphatic carbocycles. The predicted octanol–water partition coefficient (Wildman–Crippen LogP) is -0.183. The Bertz CT molecular complexity index is 330. The van der Waals surface area contributed by atoms with Gasteiger partial charge in [-0.15, -0.1) is 0 Å². The lowest BCUT2D eigenvalue weighted by molar-refractivity contribution is -0.139. The lowest BCUT2D eigenvalue weighted by Gasteiger charge is -2.30. The van der Waals surface area contributed by atoms with E-state index in [0.29, 0.717) is 0 Å². The Labute approximate surface area is 81.0 Å². The molecule has 0 aromatic carbocycles. The van der Waals surface area contributed by atoms with Crippen molar-refractivity contribution in [2.75, 3.05) is 6.54 Å². The number of carbonyl (C=O) groups is 3. The number of Topliss-reactive ketones (excluding diaryl/α,β-unsaturated/α-hetero) is 1. The van der Waals surface area contributed by atoms with Crippen LogP contribution in [0.5, 0.6) is 0 Å². The first-order valence-corrected chi connectivity index (χ1v) is 4.22. The fourth-order valence-corrected chi connectivity index (χ4v) is 1.25. The highest BCUT2D eigenvalue weighted by Gasteiger charge is 2.30. The summed E-state index contributed by atoms with van der Waals surface area (Å²) in [5.41, 5.74) is -0.107. The van der Waals surface area contributed by atoms with Crippen molar-refractivity contribution >= 4 is 17.5 Å². The van der Waals surface area contributed by atoms with Gasteiger partial charge < -0.3 is 10.0 Å². The van der Waals surface area contributed by atoms with Gasteiger partial charge in [0.1, 0.15) is 5.70 Å². The zero-order valence-corrected chi connectivity index (χ0v) is 7.98. The Balaban J connectivity index is 3.07. The van der Waals surface area contributed by atoms with Crippen molar-refractivity contribution in [3.8, 4) is 0 Å². The van der Waals surface area contributed by atoms with Crippen LogP contribution in [0, 0.1) is 0 Å². The Morgan fingerprint density at radius 2 is 2.07 bits per heavy atom. The minimum atomic E-state index is -1.18. The van der Waals surface area contributed by atoms with E-state index in [1.807, 2.05) is 0 Å². The molecule has 5 heteroatoms. The van der Waals surface area contributed by atoms with Crippen LogP contribution < -0.4 is 0 Å². The van der Waals surface area contributed by atoms with Crippen molar-refractivity contribution in [2.24, 2.45) is 0 Å². The molecule has 0 aromatic heterocycles. The summed E-state index contributed by atoms with van der Waals surface area (Å²) in [5.74, 6) is -2.48. The SMILES string of the molecule is CC(C)N1CC(=O)C(=O)C=C1C(=O)O. The first-order valence-electron chi connectivity index (χ1n) is 4.22. The number of ketones is 2. The van der Waals surface area contributed by atoms with Crippen LogP contribution in [0.15, 0.2) is 11.8 Å². The first kappa shape index (κ1) is 10.4. The molecular weight excluding hydrogens is 186 g/mol. The van der Waals surface area contributed by atoms with Gasteiger partial charge in [-0.25, -0.2) is 4.79 Å². The van der Waals surface area contributed by atoms with Crippen LogP contribution >= 0.6 is 0 Å². The van der Waals surface area contributed by atoms with Gasteiger partial charge in [-0.1, -0.05) is 0 Å². The molecule has 0 aromatic rings. The summed E-state index contributed by atoms with van der Waals surface area (Å²) < 4.78 is 0. The molecule has 0 radical (unpaired) electrons. The molecular formula is C9H11NO4. The van der Waals surface area contributed by atoms with Gasteiger partial charge >= 0.3 is 5.97 Å². The lowest BCUT2D eigenvalue weighted by atomic mass is 10.1. The van der Waals surface area contributed by atoms with E-state index < -0.39 is 17.5 Å². The molecule has 0 fully saturated rings. The topological polar surface area (TPSA) is 74.7 Å². The van der Waals surface area contributed by atoms with Crippen LogP contribution in [-0.4, -0.2) is 40.1 Å². The largest absolute Gasteiger partial charge is 0.477 e. The van der Waals surface area contributed by atoms with Gasteiger partial charge in [0.2, 0.25) is 11.6 Å². The molecule has 76 valence electrons. The van der Waals surface area contributed by atoms with Gasteiger partial charge in [0, 0.05) is 12.1 Å². The summed E-state index contributed by atoms with van der Waals surface area (Å²) in [5, 5.41) is 8.79. The summed E-state index contributed by atoms with van der Waals surface area (Å²) in [6.45, 7) is 3.38. The quantitative estimate of drug-likeness (QED) is 0.621. The van der Waals surface area contributed by atoms with Crippen molar-refractivity contribution in [2.45, 2.75) is 19.9 Å². The summed E-state index contributed by atoms with van der Waals surface area (Å²) in [6.07, 6.45) is 0.883. The van der Waals surface area contributed by atoms with Crippen molar-refractivity contribution < 1.29 is 19.5 Å². The number of nitrogens with zero attached hydrogens (tertiary/aromatic N) is 1. The zero-order valence-electron chi connectivity index (χ0n) is 7.98. The number of aliphatic carboxylic acids is 1. The smallest absolute Gasteiger partial charge is 0.352 e. The number of hydrogen-bond donors (Lipinski definition) is 1. The van der Waals surface area contributed by atoms with E-state index in [9.17, 15) is 14.4 Å². The Hall–Kier alpha value is -1.65. The fraction of sp³-hybridized carbons (Fsp3) is 0.444. The maximum atomic E-state index is 11.0. The van der Waals surface area contributed by atoms with E-state index in [0.717, 1.165) is 6.08 Å². The maximum Gasteiger partial charge on any atom is 0.352 e. The average Bonchev–Trinajstić information content (AvgIpc) is 2.08. The Morgan fingerprint density at radius 1 is 1.50 bits per heavy atom. The van der Waals surface area contributed by atoms with E-state index in [2.05, 4.69) is 0 Å². The molecule has 1 heterocycles. The third-order valence-corrected chi connectivity index (χ3v) is 2.01. The van der Waals surface area contributed by atoms with E-state index >= 15 is 0 Å². The van der Waals surface area contributed by atoms with Crippen molar-refractivity contribution in [3.05, 3.63) is 11.8 Å². The molecule has 0 saturated heterocycles. The van der Waals surface area contributed by atoms with E-state index in [1.54, 1.807) is 13.8 Å². The standard InChI is InChI=1S/C9H11NO4/c1-5(2)10-4-8(12)7(11)3-6(10)9(13)14/h3,5H,4H2,1-2H3,(H,13,14). The second kappa shape index (κ2) is 3.61. The molecule has 1 aliphatic heterocycles. The molecule has 14 heavy (non-hydrogen) atoms. The summed E-state index contributed by atoms with van der Waals surface area (Å²) in [7, 11) is 0. The van der Waals surface area contributed by atoms with Crippen LogP contribution in [0.25, 0.3) is 0 Å². The van der Waals surface area contributed by atoms with Crippen LogP contribution in [0.2, 0.25) is 0 Å². The number of carboxylic acid groups (broad SMARTS) is 1. The van der Waals surface area contributed by atoms with Gasteiger partial charge in [0.15, 0.2) is 0 Å². The molecule has 0 saturated carbocycles. The van der Waals surface area contributed by atoms with Crippen molar-refractivity contribution in [1.82, 2.24) is 4.90 Å². The highest BCUT2D eigenvalue weighted by molar-refractivity contribution is 6.43. The minimum Gasteiger partial charge on any atom is -0.477 e. The number of hydrogen-bond acceptors (Lipinski definition) is 4. The van der Waals surface area contributed by atoms with E-state index in [1.165, 1.54) is 4.90 Å². The number of carbonyl (C=O) groups excluding carboxylic acids is 2. The normalized spacial score (nSPS) is 17.4. The molecule has 5 nitrogen and oxygen atoms in total. The molecule has 0 bridgehead atoms. The van der Waals surface area contributed by atoms with Gasteiger partial charge in [-0.2, -0.15) is 0 Å². The van der Waals surface area contributed by atoms with Crippen LogP contribution in [0.3, 0.4) is 0 Å². The molecule has 0 amide bonds. The summed E-state index contributed by atoms with van der Waals surface area (Å²) >= 11 is 0. The third kappa shape index (κ3) is 1.81. The molecule has 1 aliphatic rings. The van der Waals surface area contributed by atoms with E-state index in [-0.39, 0.29) is 18.3 Å². The van der Waals surface area contributed by atoms with Crippen molar-refractivity contribution in [3.63, 3.8) is 0 Å². The zero-order chi connectivity index (χ0) is 10.9. The van der Waals surface area contributed by atoms with Crippen LogP contribution in [0.4, 0.5) is 0 Å². The number of allylic oxidation sites excluding steroid dienone is 1. The maximum absolute atomic E-state index is 11.0. The number of rotatable bonds is 2.